The first-order valence-electron chi connectivity index (χ1n) is 5.39. The predicted octanol–water partition coefficient (Wildman–Crippen LogP) is 0.840. The van der Waals surface area contributed by atoms with E-state index in [4.69, 9.17) is 4.74 Å². The molecule has 1 saturated heterocycles. The number of hydrogen-bond acceptors (Lipinski definition) is 3. The summed E-state index contributed by atoms with van der Waals surface area (Å²) in [6.45, 7) is 1.32. The van der Waals surface area contributed by atoms with Crippen LogP contribution in [0.25, 0.3) is 0 Å². The number of phenols is 1. The minimum atomic E-state index is -0.0268. The third-order valence-electron chi connectivity index (χ3n) is 2.57. The van der Waals surface area contributed by atoms with Crippen molar-refractivity contribution in [2.75, 3.05) is 13.2 Å². The van der Waals surface area contributed by atoms with Gasteiger partial charge in [-0.15, -0.1) is 0 Å². The van der Waals surface area contributed by atoms with Crippen LogP contribution in [0.15, 0.2) is 24.3 Å². The van der Waals surface area contributed by atoms with Crippen LogP contribution in [0.1, 0.15) is 12.0 Å². The maximum absolute atomic E-state index is 11.6. The molecular weight excluding hydrogens is 206 g/mol. The van der Waals surface area contributed by atoms with Gasteiger partial charge in [0.2, 0.25) is 5.91 Å². The lowest BCUT2D eigenvalue weighted by Crippen LogP contribution is -2.35. The van der Waals surface area contributed by atoms with Gasteiger partial charge in [-0.25, -0.2) is 0 Å². The maximum atomic E-state index is 11.6. The monoisotopic (exact) mass is 221 g/mol. The average Bonchev–Trinajstić information content (AvgIpc) is 2.70. The van der Waals surface area contributed by atoms with E-state index in [2.05, 4.69) is 5.32 Å². The molecule has 0 aliphatic carbocycles. The first-order chi connectivity index (χ1) is 7.74. The van der Waals surface area contributed by atoms with Crippen LogP contribution in [0.3, 0.4) is 0 Å². The van der Waals surface area contributed by atoms with Crippen LogP contribution in [-0.2, 0) is 16.0 Å². The van der Waals surface area contributed by atoms with Crippen LogP contribution in [0.4, 0.5) is 0 Å². The summed E-state index contributed by atoms with van der Waals surface area (Å²) in [5.41, 5.74) is 0.816. The van der Waals surface area contributed by atoms with E-state index in [-0.39, 0.29) is 17.7 Å². The van der Waals surface area contributed by atoms with Crippen molar-refractivity contribution in [1.29, 1.82) is 0 Å². The molecule has 2 N–H and O–H groups in total. The molecule has 0 aromatic heterocycles. The molecule has 1 heterocycles. The van der Waals surface area contributed by atoms with Gasteiger partial charge in [-0.1, -0.05) is 12.1 Å². The Morgan fingerprint density at radius 2 is 2.44 bits per heavy atom. The Hall–Kier alpha value is -1.55. The fraction of sp³-hybridized carbons (Fsp3) is 0.417. The van der Waals surface area contributed by atoms with E-state index in [9.17, 15) is 9.90 Å². The molecule has 0 spiro atoms. The Morgan fingerprint density at radius 3 is 3.12 bits per heavy atom. The van der Waals surface area contributed by atoms with Gasteiger partial charge < -0.3 is 15.2 Å². The van der Waals surface area contributed by atoms with E-state index in [1.54, 1.807) is 18.2 Å². The Labute approximate surface area is 94.2 Å². The van der Waals surface area contributed by atoms with Gasteiger partial charge in [-0.2, -0.15) is 0 Å². The van der Waals surface area contributed by atoms with Gasteiger partial charge in [0.05, 0.1) is 19.1 Å². The standard InChI is InChI=1S/C12H15NO3/c14-11-3-1-2-9(6-11)7-12(15)13-10-4-5-16-8-10/h1-3,6,10,14H,4-5,7-8H2,(H,13,15). The van der Waals surface area contributed by atoms with Crippen LogP contribution in [-0.4, -0.2) is 30.3 Å². The van der Waals surface area contributed by atoms with Crippen LogP contribution in [0, 0.1) is 0 Å². The van der Waals surface area contributed by atoms with Gasteiger partial charge in [0.15, 0.2) is 0 Å². The Bertz CT molecular complexity index is 372. The third kappa shape index (κ3) is 2.97. The zero-order valence-electron chi connectivity index (χ0n) is 8.98. The first kappa shape index (κ1) is 11.0. The summed E-state index contributed by atoms with van der Waals surface area (Å²) in [7, 11) is 0. The second-order valence-corrected chi connectivity index (χ2v) is 3.97. The zero-order chi connectivity index (χ0) is 11.4. The Morgan fingerprint density at radius 1 is 1.56 bits per heavy atom. The van der Waals surface area contributed by atoms with Crippen molar-refractivity contribution in [3.05, 3.63) is 29.8 Å². The lowest BCUT2D eigenvalue weighted by Gasteiger charge is -2.10. The number of hydrogen-bond donors (Lipinski definition) is 2. The molecule has 0 radical (unpaired) electrons. The number of carbonyl (C=O) groups excluding carboxylic acids is 1. The number of rotatable bonds is 3. The average molecular weight is 221 g/mol. The molecular formula is C12H15NO3. The van der Waals surface area contributed by atoms with Gasteiger partial charge in [0, 0.05) is 6.61 Å². The SMILES string of the molecule is O=C(Cc1cccc(O)c1)NC1CCOC1. The van der Waals surface area contributed by atoms with E-state index in [0.29, 0.717) is 13.0 Å². The second-order valence-electron chi connectivity index (χ2n) is 3.97. The third-order valence-corrected chi connectivity index (χ3v) is 2.57. The molecule has 2 rings (SSSR count). The van der Waals surface area contributed by atoms with Crippen molar-refractivity contribution < 1.29 is 14.6 Å². The predicted molar refractivity (Wildman–Crippen MR) is 59.2 cm³/mol. The van der Waals surface area contributed by atoms with E-state index in [1.165, 1.54) is 0 Å². The minimum Gasteiger partial charge on any atom is -0.508 e. The quantitative estimate of drug-likeness (QED) is 0.795. The second kappa shape index (κ2) is 4.99. The van der Waals surface area contributed by atoms with Gasteiger partial charge in [-0.05, 0) is 24.1 Å². The molecule has 1 aliphatic heterocycles. The lowest BCUT2D eigenvalue weighted by atomic mass is 10.1. The molecule has 0 saturated carbocycles. The van der Waals surface area contributed by atoms with Crippen LogP contribution in [0.2, 0.25) is 0 Å². The van der Waals surface area contributed by atoms with Crippen molar-refractivity contribution >= 4 is 5.91 Å². The lowest BCUT2D eigenvalue weighted by molar-refractivity contribution is -0.121. The molecule has 4 heteroatoms. The summed E-state index contributed by atoms with van der Waals surface area (Å²) < 4.78 is 5.17. The maximum Gasteiger partial charge on any atom is 0.224 e. The molecule has 1 fully saturated rings. The number of ether oxygens (including phenoxy) is 1. The van der Waals surface area contributed by atoms with Crippen LogP contribution in [0.5, 0.6) is 5.75 Å². The number of nitrogens with one attached hydrogen (secondary N) is 1. The number of carbonyl (C=O) groups is 1. The zero-order valence-corrected chi connectivity index (χ0v) is 8.98. The topological polar surface area (TPSA) is 58.6 Å². The van der Waals surface area contributed by atoms with Gasteiger partial charge in [0.1, 0.15) is 5.75 Å². The van der Waals surface area contributed by atoms with Crippen LogP contribution >= 0.6 is 0 Å². The van der Waals surface area contributed by atoms with Crippen molar-refractivity contribution in [2.45, 2.75) is 18.9 Å². The summed E-state index contributed by atoms with van der Waals surface area (Å²) >= 11 is 0. The molecule has 0 bridgehead atoms. The summed E-state index contributed by atoms with van der Waals surface area (Å²) in [4.78, 5) is 11.6. The van der Waals surface area contributed by atoms with Crippen molar-refractivity contribution in [3.63, 3.8) is 0 Å². The molecule has 1 atom stereocenters. The highest BCUT2D eigenvalue weighted by Crippen LogP contribution is 2.11. The molecule has 4 nitrogen and oxygen atoms in total. The number of benzene rings is 1. The highest BCUT2D eigenvalue weighted by atomic mass is 16.5. The normalized spacial score (nSPS) is 19.6. The number of aromatic hydroxyl groups is 1. The summed E-state index contributed by atoms with van der Waals surface area (Å²) in [5.74, 6) is 0.163. The molecule has 16 heavy (non-hydrogen) atoms. The smallest absolute Gasteiger partial charge is 0.224 e. The number of amides is 1. The highest BCUT2D eigenvalue weighted by Gasteiger charge is 2.17. The summed E-state index contributed by atoms with van der Waals surface area (Å²) in [6, 6.07) is 6.89. The molecule has 1 aromatic carbocycles. The van der Waals surface area contributed by atoms with E-state index in [0.717, 1.165) is 18.6 Å². The fourth-order valence-electron chi connectivity index (χ4n) is 1.78. The Kier molecular flexibility index (Phi) is 3.41. The van der Waals surface area contributed by atoms with E-state index in [1.807, 2.05) is 6.07 Å². The minimum absolute atomic E-state index is 0.0268. The molecule has 1 aliphatic rings. The molecule has 86 valence electrons. The van der Waals surface area contributed by atoms with E-state index >= 15 is 0 Å². The molecule has 1 amide bonds. The van der Waals surface area contributed by atoms with Gasteiger partial charge >= 0.3 is 0 Å². The van der Waals surface area contributed by atoms with Crippen molar-refractivity contribution in [1.82, 2.24) is 5.32 Å². The first-order valence-corrected chi connectivity index (χ1v) is 5.39. The largest absolute Gasteiger partial charge is 0.508 e. The molecule has 1 aromatic rings. The van der Waals surface area contributed by atoms with E-state index < -0.39 is 0 Å². The van der Waals surface area contributed by atoms with Gasteiger partial charge in [-0.3, -0.25) is 4.79 Å². The fourth-order valence-corrected chi connectivity index (χ4v) is 1.78. The number of phenolic OH excluding ortho intramolecular Hbond substituents is 1. The summed E-state index contributed by atoms with van der Waals surface area (Å²) in [6.07, 6.45) is 1.18. The van der Waals surface area contributed by atoms with Crippen molar-refractivity contribution in [2.24, 2.45) is 0 Å². The Balaban J connectivity index is 1.86. The van der Waals surface area contributed by atoms with Crippen molar-refractivity contribution in [3.8, 4) is 5.75 Å². The summed E-state index contributed by atoms with van der Waals surface area (Å²) in [5, 5.41) is 12.2. The highest BCUT2D eigenvalue weighted by molar-refractivity contribution is 5.79. The van der Waals surface area contributed by atoms with Crippen LogP contribution < -0.4 is 5.32 Å². The van der Waals surface area contributed by atoms with Gasteiger partial charge in [0.25, 0.3) is 0 Å². The molecule has 1 unspecified atom stereocenters.